The Morgan fingerprint density at radius 2 is 2.12 bits per heavy atom. The predicted molar refractivity (Wildman–Crippen MR) is 66.7 cm³/mol. The first-order valence-corrected chi connectivity index (χ1v) is 6.39. The normalized spacial score (nSPS) is 22.1. The third kappa shape index (κ3) is 4.00. The zero-order valence-corrected chi connectivity index (χ0v) is 10.3. The van der Waals surface area contributed by atoms with Gasteiger partial charge in [0.2, 0.25) is 0 Å². The van der Waals surface area contributed by atoms with Crippen molar-refractivity contribution in [2.24, 2.45) is 0 Å². The molecule has 1 heterocycles. The molecule has 0 saturated carbocycles. The van der Waals surface area contributed by atoms with Gasteiger partial charge in [0.05, 0.1) is 6.10 Å². The zero-order chi connectivity index (χ0) is 12.1. The molecule has 0 amide bonds. The van der Waals surface area contributed by atoms with Gasteiger partial charge in [0.1, 0.15) is 11.6 Å². The first kappa shape index (κ1) is 12.4. The lowest BCUT2D eigenvalue weighted by Gasteiger charge is -2.26. The summed E-state index contributed by atoms with van der Waals surface area (Å²) in [5.41, 5.74) is 0. The van der Waals surface area contributed by atoms with E-state index < -0.39 is 0 Å². The number of hydrogen-bond donors (Lipinski definition) is 1. The van der Waals surface area contributed by atoms with E-state index in [0.29, 0.717) is 6.04 Å². The van der Waals surface area contributed by atoms with Crippen molar-refractivity contribution in [1.29, 1.82) is 0 Å². The summed E-state index contributed by atoms with van der Waals surface area (Å²) in [4.78, 5) is 0. The van der Waals surface area contributed by atoms with Crippen LogP contribution < -0.4 is 10.1 Å². The lowest BCUT2D eigenvalue weighted by molar-refractivity contribution is 0.184. The molecule has 17 heavy (non-hydrogen) atoms. The van der Waals surface area contributed by atoms with Crippen molar-refractivity contribution in [3.05, 3.63) is 30.1 Å². The van der Waals surface area contributed by atoms with E-state index in [1.165, 1.54) is 31.4 Å². The number of benzene rings is 1. The molecular formula is C14H20FNO. The molecule has 94 valence electrons. The summed E-state index contributed by atoms with van der Waals surface area (Å²) in [6.45, 7) is 3.19. The van der Waals surface area contributed by atoms with Crippen LogP contribution >= 0.6 is 0 Å². The molecule has 1 N–H and O–H groups in total. The van der Waals surface area contributed by atoms with Crippen LogP contribution in [0.2, 0.25) is 0 Å². The second-order valence-corrected chi connectivity index (χ2v) is 4.76. The number of piperidine rings is 1. The summed E-state index contributed by atoms with van der Waals surface area (Å²) >= 11 is 0. The smallest absolute Gasteiger partial charge is 0.123 e. The average molecular weight is 237 g/mol. The van der Waals surface area contributed by atoms with Crippen molar-refractivity contribution in [2.45, 2.75) is 44.8 Å². The third-order valence-corrected chi connectivity index (χ3v) is 3.18. The largest absolute Gasteiger partial charge is 0.491 e. The molecule has 1 fully saturated rings. The highest BCUT2D eigenvalue weighted by Gasteiger charge is 2.16. The van der Waals surface area contributed by atoms with Crippen molar-refractivity contribution in [1.82, 2.24) is 5.32 Å². The number of nitrogens with one attached hydrogen (secondary N) is 1. The van der Waals surface area contributed by atoms with Crippen LogP contribution in [0.1, 0.15) is 32.6 Å². The van der Waals surface area contributed by atoms with Gasteiger partial charge in [-0.2, -0.15) is 0 Å². The molecular weight excluding hydrogens is 217 g/mol. The minimum Gasteiger partial charge on any atom is -0.491 e. The van der Waals surface area contributed by atoms with Gasteiger partial charge in [-0.3, -0.25) is 0 Å². The summed E-state index contributed by atoms with van der Waals surface area (Å²) in [7, 11) is 0. The SMILES string of the molecule is CC(CC1CCCCN1)Oc1ccc(F)cc1. The van der Waals surface area contributed by atoms with Crippen LogP contribution in [0, 0.1) is 5.82 Å². The Hall–Kier alpha value is -1.09. The molecule has 0 aliphatic carbocycles. The Balaban J connectivity index is 1.79. The van der Waals surface area contributed by atoms with E-state index in [0.717, 1.165) is 18.7 Å². The second-order valence-electron chi connectivity index (χ2n) is 4.76. The summed E-state index contributed by atoms with van der Waals surface area (Å²) < 4.78 is 18.5. The average Bonchev–Trinajstić information content (AvgIpc) is 2.33. The third-order valence-electron chi connectivity index (χ3n) is 3.18. The van der Waals surface area contributed by atoms with Crippen LogP contribution in [0.3, 0.4) is 0 Å². The molecule has 1 aliphatic heterocycles. The monoisotopic (exact) mass is 237 g/mol. The zero-order valence-electron chi connectivity index (χ0n) is 10.3. The lowest BCUT2D eigenvalue weighted by atomic mass is 10.00. The summed E-state index contributed by atoms with van der Waals surface area (Å²) in [5.74, 6) is 0.522. The van der Waals surface area contributed by atoms with Crippen LogP contribution in [0.25, 0.3) is 0 Å². The maximum Gasteiger partial charge on any atom is 0.123 e. The van der Waals surface area contributed by atoms with Gasteiger partial charge in [-0.15, -0.1) is 0 Å². The van der Waals surface area contributed by atoms with E-state index in [2.05, 4.69) is 12.2 Å². The molecule has 1 aromatic rings. The van der Waals surface area contributed by atoms with Crippen LogP contribution in [-0.2, 0) is 0 Å². The fourth-order valence-electron chi connectivity index (χ4n) is 2.32. The highest BCUT2D eigenvalue weighted by atomic mass is 19.1. The van der Waals surface area contributed by atoms with Crippen LogP contribution in [0.5, 0.6) is 5.75 Å². The fourth-order valence-corrected chi connectivity index (χ4v) is 2.32. The van der Waals surface area contributed by atoms with Gasteiger partial charge >= 0.3 is 0 Å². The minimum absolute atomic E-state index is 0.163. The standard InChI is InChI=1S/C14H20FNO/c1-11(10-13-4-2-3-9-16-13)17-14-7-5-12(15)6-8-14/h5-8,11,13,16H,2-4,9-10H2,1H3. The highest BCUT2D eigenvalue weighted by Crippen LogP contribution is 2.17. The van der Waals surface area contributed by atoms with E-state index in [1.807, 2.05) is 0 Å². The Bertz CT molecular complexity index is 333. The highest BCUT2D eigenvalue weighted by molar-refractivity contribution is 5.22. The quantitative estimate of drug-likeness (QED) is 0.868. The Morgan fingerprint density at radius 3 is 2.76 bits per heavy atom. The Labute approximate surface area is 102 Å². The molecule has 1 aromatic carbocycles. The molecule has 2 nitrogen and oxygen atoms in total. The summed E-state index contributed by atoms with van der Waals surface area (Å²) in [5, 5.41) is 3.50. The molecule has 1 saturated heterocycles. The van der Waals surface area contributed by atoms with Gasteiger partial charge < -0.3 is 10.1 Å². The van der Waals surface area contributed by atoms with Gasteiger partial charge in [-0.25, -0.2) is 4.39 Å². The van der Waals surface area contributed by atoms with Crippen LogP contribution in [0.15, 0.2) is 24.3 Å². The molecule has 0 bridgehead atoms. The number of hydrogen-bond acceptors (Lipinski definition) is 2. The molecule has 3 heteroatoms. The van der Waals surface area contributed by atoms with Crippen molar-refractivity contribution in [2.75, 3.05) is 6.54 Å². The molecule has 1 aliphatic rings. The topological polar surface area (TPSA) is 21.3 Å². The Morgan fingerprint density at radius 1 is 1.35 bits per heavy atom. The molecule has 0 spiro atoms. The second kappa shape index (κ2) is 6.01. The van der Waals surface area contributed by atoms with Gasteiger partial charge in [-0.05, 0) is 57.0 Å². The number of rotatable bonds is 4. The van der Waals surface area contributed by atoms with Gasteiger partial charge in [0.25, 0.3) is 0 Å². The van der Waals surface area contributed by atoms with Crippen molar-refractivity contribution < 1.29 is 9.13 Å². The van der Waals surface area contributed by atoms with E-state index in [9.17, 15) is 4.39 Å². The van der Waals surface area contributed by atoms with E-state index >= 15 is 0 Å². The van der Waals surface area contributed by atoms with E-state index in [-0.39, 0.29) is 11.9 Å². The first-order valence-electron chi connectivity index (χ1n) is 6.39. The summed E-state index contributed by atoms with van der Waals surface area (Å²) in [6, 6.07) is 6.79. The molecule has 2 atom stereocenters. The molecule has 2 unspecified atom stereocenters. The van der Waals surface area contributed by atoms with Crippen molar-refractivity contribution in [3.8, 4) is 5.75 Å². The fraction of sp³-hybridized carbons (Fsp3) is 0.571. The van der Waals surface area contributed by atoms with E-state index in [1.54, 1.807) is 12.1 Å². The van der Waals surface area contributed by atoms with E-state index in [4.69, 9.17) is 4.74 Å². The molecule has 0 radical (unpaired) electrons. The first-order chi connectivity index (χ1) is 8.24. The number of halogens is 1. The minimum atomic E-state index is -0.223. The predicted octanol–water partition coefficient (Wildman–Crippen LogP) is 3.13. The maximum atomic E-state index is 12.7. The van der Waals surface area contributed by atoms with Crippen molar-refractivity contribution >= 4 is 0 Å². The van der Waals surface area contributed by atoms with Crippen molar-refractivity contribution in [3.63, 3.8) is 0 Å². The summed E-state index contributed by atoms with van der Waals surface area (Å²) in [6.07, 6.45) is 5.00. The van der Waals surface area contributed by atoms with Gasteiger partial charge in [0.15, 0.2) is 0 Å². The maximum absolute atomic E-state index is 12.7. The molecule has 0 aromatic heterocycles. The van der Waals surface area contributed by atoms with Crippen LogP contribution in [0.4, 0.5) is 4.39 Å². The molecule has 2 rings (SSSR count). The Kier molecular flexibility index (Phi) is 4.37. The van der Waals surface area contributed by atoms with Gasteiger partial charge in [0, 0.05) is 6.04 Å². The van der Waals surface area contributed by atoms with Crippen LogP contribution in [-0.4, -0.2) is 18.7 Å². The number of ether oxygens (including phenoxy) is 1. The lowest BCUT2D eigenvalue weighted by Crippen LogP contribution is -2.37. The van der Waals surface area contributed by atoms with Gasteiger partial charge in [-0.1, -0.05) is 6.42 Å².